The van der Waals surface area contributed by atoms with Crippen LogP contribution in [0.15, 0.2) is 29.3 Å². The molecule has 1 fully saturated rings. The van der Waals surface area contributed by atoms with Crippen molar-refractivity contribution in [1.82, 2.24) is 15.5 Å². The molecule has 1 aromatic rings. The van der Waals surface area contributed by atoms with Crippen LogP contribution in [-0.4, -0.2) is 57.3 Å². The molecule has 25 heavy (non-hydrogen) atoms. The number of benzene rings is 1. The molecule has 1 atom stereocenters. The molecule has 2 rings (SSSR count). The Morgan fingerprint density at radius 3 is 2.80 bits per heavy atom. The van der Waals surface area contributed by atoms with E-state index in [4.69, 9.17) is 21.3 Å². The van der Waals surface area contributed by atoms with E-state index < -0.39 is 0 Å². The van der Waals surface area contributed by atoms with Crippen molar-refractivity contribution in [3.63, 3.8) is 0 Å². The Balaban J connectivity index is 2.05. The Hall–Kier alpha value is -1.30. The Morgan fingerprint density at radius 1 is 1.32 bits per heavy atom. The molecule has 1 aliphatic heterocycles. The van der Waals surface area contributed by atoms with Crippen molar-refractivity contribution in [3.05, 3.63) is 34.9 Å². The van der Waals surface area contributed by atoms with Gasteiger partial charge in [-0.2, -0.15) is 0 Å². The number of guanidine groups is 1. The van der Waals surface area contributed by atoms with Gasteiger partial charge in [0.15, 0.2) is 5.96 Å². The Bertz CT molecular complexity index is 532. The van der Waals surface area contributed by atoms with E-state index in [9.17, 15) is 0 Å². The number of hydrogen-bond acceptors (Lipinski definition) is 3. The second-order valence-corrected chi connectivity index (χ2v) is 6.74. The summed E-state index contributed by atoms with van der Waals surface area (Å²) < 4.78 is 5.10. The van der Waals surface area contributed by atoms with Crippen LogP contribution in [0.5, 0.6) is 0 Å². The van der Waals surface area contributed by atoms with Crippen molar-refractivity contribution in [2.45, 2.75) is 32.2 Å². The zero-order valence-corrected chi connectivity index (χ0v) is 16.2. The van der Waals surface area contributed by atoms with E-state index in [1.54, 1.807) is 7.11 Å². The zero-order chi connectivity index (χ0) is 17.9. The summed E-state index contributed by atoms with van der Waals surface area (Å²) in [4.78, 5) is 7.35. The predicted octanol–water partition coefficient (Wildman–Crippen LogP) is 3.07. The Kier molecular flexibility index (Phi) is 9.08. The minimum Gasteiger partial charge on any atom is -0.385 e. The topological polar surface area (TPSA) is 48.9 Å². The van der Waals surface area contributed by atoms with Gasteiger partial charge in [-0.05, 0) is 57.0 Å². The van der Waals surface area contributed by atoms with Gasteiger partial charge < -0.3 is 15.4 Å². The molecule has 1 aromatic carbocycles. The number of methoxy groups -OCH3 is 1. The number of aliphatic imine (C=N–C) groups is 1. The van der Waals surface area contributed by atoms with Gasteiger partial charge in [0.25, 0.3) is 0 Å². The van der Waals surface area contributed by atoms with E-state index in [0.717, 1.165) is 56.7 Å². The Morgan fingerprint density at radius 2 is 2.12 bits per heavy atom. The molecule has 0 amide bonds. The van der Waals surface area contributed by atoms with Crippen LogP contribution < -0.4 is 10.6 Å². The maximum absolute atomic E-state index is 6.22. The third kappa shape index (κ3) is 6.84. The van der Waals surface area contributed by atoms with Crippen molar-refractivity contribution in [1.29, 1.82) is 0 Å². The quantitative estimate of drug-likeness (QED) is 0.400. The van der Waals surface area contributed by atoms with Crippen LogP contribution in [0.2, 0.25) is 5.02 Å². The molecular weight excluding hydrogens is 336 g/mol. The molecule has 0 bridgehead atoms. The third-order valence-corrected chi connectivity index (χ3v) is 4.63. The molecule has 5 nitrogen and oxygen atoms in total. The van der Waals surface area contributed by atoms with Gasteiger partial charge in [-0.3, -0.25) is 9.89 Å². The van der Waals surface area contributed by atoms with Gasteiger partial charge in [0.1, 0.15) is 0 Å². The smallest absolute Gasteiger partial charge is 0.191 e. The fraction of sp³-hybridized carbons (Fsp3) is 0.632. The van der Waals surface area contributed by atoms with Crippen LogP contribution in [0.1, 0.15) is 37.8 Å². The van der Waals surface area contributed by atoms with Gasteiger partial charge in [-0.25, -0.2) is 0 Å². The lowest BCUT2D eigenvalue weighted by atomic mass is 10.1. The monoisotopic (exact) mass is 366 g/mol. The first kappa shape index (κ1) is 20.0. The summed E-state index contributed by atoms with van der Waals surface area (Å²) in [6.07, 6.45) is 3.48. The molecule has 0 spiro atoms. The van der Waals surface area contributed by atoms with Crippen LogP contribution in [0.3, 0.4) is 0 Å². The molecule has 6 heteroatoms. The lowest BCUT2D eigenvalue weighted by molar-refractivity contribution is 0.195. The summed E-state index contributed by atoms with van der Waals surface area (Å²) in [6.45, 7) is 7.52. The van der Waals surface area contributed by atoms with E-state index in [1.165, 1.54) is 18.4 Å². The molecule has 0 radical (unpaired) electrons. The molecule has 0 saturated carbocycles. The number of likely N-dealkylation sites (tertiary alicyclic amines) is 1. The van der Waals surface area contributed by atoms with Crippen LogP contribution in [-0.2, 0) is 4.74 Å². The molecule has 1 unspecified atom stereocenters. The molecular formula is C19H31ClN4O. The van der Waals surface area contributed by atoms with Gasteiger partial charge in [0.05, 0.1) is 12.6 Å². The normalized spacial score (nSPS) is 16.8. The predicted molar refractivity (Wildman–Crippen MR) is 105 cm³/mol. The molecule has 2 N–H and O–H groups in total. The first-order valence-electron chi connectivity index (χ1n) is 9.25. The Labute approximate surface area is 156 Å². The number of hydrogen-bond donors (Lipinski definition) is 2. The van der Waals surface area contributed by atoms with Gasteiger partial charge >= 0.3 is 0 Å². The van der Waals surface area contributed by atoms with Crippen molar-refractivity contribution < 1.29 is 4.74 Å². The second kappa shape index (κ2) is 11.3. The summed E-state index contributed by atoms with van der Waals surface area (Å²) >= 11 is 6.22. The minimum atomic E-state index is 0.274. The highest BCUT2D eigenvalue weighted by molar-refractivity contribution is 6.30. The lowest BCUT2D eigenvalue weighted by Crippen LogP contribution is -2.39. The third-order valence-electron chi connectivity index (χ3n) is 4.40. The first-order chi connectivity index (χ1) is 12.2. The second-order valence-electron chi connectivity index (χ2n) is 6.31. The van der Waals surface area contributed by atoms with Crippen LogP contribution in [0, 0.1) is 0 Å². The van der Waals surface area contributed by atoms with Crippen molar-refractivity contribution >= 4 is 17.6 Å². The minimum absolute atomic E-state index is 0.274. The van der Waals surface area contributed by atoms with Crippen molar-refractivity contribution in [2.24, 2.45) is 4.99 Å². The molecule has 1 heterocycles. The van der Waals surface area contributed by atoms with E-state index in [1.807, 2.05) is 12.1 Å². The van der Waals surface area contributed by atoms with E-state index >= 15 is 0 Å². The van der Waals surface area contributed by atoms with Gasteiger partial charge in [0, 0.05) is 31.8 Å². The number of nitrogens with zero attached hydrogens (tertiary/aromatic N) is 2. The number of nitrogens with one attached hydrogen (secondary N) is 2. The summed E-state index contributed by atoms with van der Waals surface area (Å²) in [7, 11) is 1.73. The van der Waals surface area contributed by atoms with E-state index in [0.29, 0.717) is 0 Å². The van der Waals surface area contributed by atoms with Gasteiger partial charge in [-0.1, -0.05) is 23.7 Å². The van der Waals surface area contributed by atoms with E-state index in [2.05, 4.69) is 34.6 Å². The highest BCUT2D eigenvalue weighted by Gasteiger charge is 2.23. The standard InChI is InChI=1S/C19H31ClN4O/c1-3-21-19(22-10-7-13-25-2)23-15-18(24-11-4-5-12-24)16-8-6-9-17(20)14-16/h6,8-9,14,18H,3-5,7,10-13,15H2,1-2H3,(H2,21,22,23). The van der Waals surface area contributed by atoms with Crippen LogP contribution >= 0.6 is 11.6 Å². The highest BCUT2D eigenvalue weighted by atomic mass is 35.5. The van der Waals surface area contributed by atoms with E-state index in [-0.39, 0.29) is 6.04 Å². The van der Waals surface area contributed by atoms with Crippen LogP contribution in [0.4, 0.5) is 0 Å². The zero-order valence-electron chi connectivity index (χ0n) is 15.4. The first-order valence-corrected chi connectivity index (χ1v) is 9.63. The van der Waals surface area contributed by atoms with Gasteiger partial charge in [0.2, 0.25) is 0 Å². The van der Waals surface area contributed by atoms with Crippen molar-refractivity contribution in [2.75, 3.05) is 46.4 Å². The fourth-order valence-electron chi connectivity index (χ4n) is 3.14. The summed E-state index contributed by atoms with van der Waals surface area (Å²) in [5, 5.41) is 7.49. The van der Waals surface area contributed by atoms with Crippen molar-refractivity contribution in [3.8, 4) is 0 Å². The lowest BCUT2D eigenvalue weighted by Gasteiger charge is -2.27. The SMILES string of the molecule is CCNC(=NCC(c1cccc(Cl)c1)N1CCCC1)NCCCOC. The summed E-state index contributed by atoms with van der Waals surface area (Å²) in [6, 6.07) is 8.45. The molecule has 1 aliphatic rings. The molecule has 0 aromatic heterocycles. The number of rotatable bonds is 9. The fourth-order valence-corrected chi connectivity index (χ4v) is 3.34. The summed E-state index contributed by atoms with van der Waals surface area (Å²) in [5.41, 5.74) is 1.24. The average molecular weight is 367 g/mol. The largest absolute Gasteiger partial charge is 0.385 e. The van der Waals surface area contributed by atoms with Crippen LogP contribution in [0.25, 0.3) is 0 Å². The number of halogens is 1. The maximum atomic E-state index is 6.22. The molecule has 140 valence electrons. The van der Waals surface area contributed by atoms with Gasteiger partial charge in [-0.15, -0.1) is 0 Å². The highest BCUT2D eigenvalue weighted by Crippen LogP contribution is 2.27. The maximum Gasteiger partial charge on any atom is 0.191 e. The molecule has 0 aliphatic carbocycles. The summed E-state index contributed by atoms with van der Waals surface area (Å²) in [5.74, 6) is 0.866. The molecule has 1 saturated heterocycles. The average Bonchev–Trinajstić information content (AvgIpc) is 3.13. The number of ether oxygens (including phenoxy) is 1.